The van der Waals surface area contributed by atoms with Gasteiger partial charge in [-0.05, 0) is 105 Å². The van der Waals surface area contributed by atoms with Crippen LogP contribution >= 0.6 is 0 Å². The summed E-state index contributed by atoms with van der Waals surface area (Å²) in [5.74, 6) is 0.653. The first-order valence-corrected chi connectivity index (χ1v) is 20.4. The molecule has 3 fully saturated rings. The highest BCUT2D eigenvalue weighted by Gasteiger charge is 2.44. The van der Waals surface area contributed by atoms with Gasteiger partial charge in [-0.1, -0.05) is 31.4 Å². The number of unbranched alkanes of at least 4 members (excludes halogenated alkanes) is 2. The lowest BCUT2D eigenvalue weighted by atomic mass is 9.81. The summed E-state index contributed by atoms with van der Waals surface area (Å²) < 4.78 is 14.4. The summed E-state index contributed by atoms with van der Waals surface area (Å²) in [6.45, 7) is 4.02. The van der Waals surface area contributed by atoms with Gasteiger partial charge in [0.15, 0.2) is 0 Å². The van der Waals surface area contributed by atoms with Crippen LogP contribution in [0.25, 0.3) is 32.9 Å². The molecule has 1 N–H and O–H groups in total. The van der Waals surface area contributed by atoms with Gasteiger partial charge in [-0.25, -0.2) is 4.98 Å². The Morgan fingerprint density at radius 1 is 0.789 bits per heavy atom. The number of benzene rings is 2. The minimum atomic E-state index is -0.972. The van der Waals surface area contributed by atoms with Gasteiger partial charge in [0.05, 0.1) is 23.3 Å². The Morgan fingerprint density at radius 3 is 2.42 bits per heavy atom. The first kappa shape index (κ1) is 37.0. The van der Waals surface area contributed by atoms with Crippen LogP contribution in [-0.4, -0.2) is 86.4 Å². The van der Waals surface area contributed by atoms with E-state index in [1.165, 1.54) is 60.6 Å². The predicted molar refractivity (Wildman–Crippen MR) is 215 cm³/mol. The van der Waals surface area contributed by atoms with E-state index < -0.39 is 29.7 Å². The molecule has 1 atom stereocenters. The number of nitrogens with one attached hydrogen (secondary N) is 1. The fourth-order valence-corrected chi connectivity index (χ4v) is 9.21. The van der Waals surface area contributed by atoms with Crippen molar-refractivity contribution >= 4 is 45.4 Å². The van der Waals surface area contributed by atoms with Crippen LogP contribution in [0, 0.1) is 11.8 Å². The van der Waals surface area contributed by atoms with Crippen LogP contribution in [0.15, 0.2) is 73.2 Å². The highest BCUT2D eigenvalue weighted by Crippen LogP contribution is 2.35. The zero-order chi connectivity index (χ0) is 39.0. The number of imide groups is 2. The second-order valence-corrected chi connectivity index (χ2v) is 16.2. The lowest BCUT2D eigenvalue weighted by molar-refractivity contribution is -0.136. The van der Waals surface area contributed by atoms with E-state index in [2.05, 4.69) is 62.1 Å². The molecule has 1 saturated carbocycles. The van der Waals surface area contributed by atoms with Gasteiger partial charge in [0.2, 0.25) is 17.7 Å². The normalized spacial score (nSPS) is 21.6. The molecule has 4 amide bonds. The zero-order valence-corrected chi connectivity index (χ0v) is 32.3. The predicted octanol–water partition coefficient (Wildman–Crippen LogP) is 6.70. The number of piperidine rings is 2. The van der Waals surface area contributed by atoms with Crippen molar-refractivity contribution in [2.45, 2.75) is 76.4 Å². The molecule has 3 aromatic heterocycles. The van der Waals surface area contributed by atoms with Gasteiger partial charge in [0, 0.05) is 66.5 Å². The average Bonchev–Trinajstić information content (AvgIpc) is 3.64. The number of hydrogen-bond acceptors (Lipinski definition) is 9. The molecule has 4 aliphatic rings. The monoisotopic (exact) mass is 768 g/mol. The number of carbonyl (C=O) groups is 4. The Balaban J connectivity index is 0.648. The number of rotatable bonds is 13. The van der Waals surface area contributed by atoms with Crippen LogP contribution in [0.1, 0.15) is 84.9 Å². The number of amides is 4. The van der Waals surface area contributed by atoms with Crippen molar-refractivity contribution in [3.63, 3.8) is 0 Å². The summed E-state index contributed by atoms with van der Waals surface area (Å²) in [7, 11) is 2.10. The number of ether oxygens (including phenoxy) is 2. The molecule has 1 unspecified atom stereocenters. The summed E-state index contributed by atoms with van der Waals surface area (Å²) in [6, 6.07) is 16.6. The Morgan fingerprint density at radius 2 is 1.61 bits per heavy atom. The molecule has 3 aliphatic heterocycles. The van der Waals surface area contributed by atoms with E-state index in [9.17, 15) is 19.2 Å². The summed E-state index contributed by atoms with van der Waals surface area (Å²) >= 11 is 0. The number of hydrogen-bond donors (Lipinski definition) is 1. The molecule has 2 aromatic carbocycles. The number of aryl methyl sites for hydroxylation is 1. The minimum Gasteiger partial charge on any atom is -0.494 e. The van der Waals surface area contributed by atoms with Crippen LogP contribution in [-0.2, 0) is 16.6 Å². The van der Waals surface area contributed by atoms with Crippen LogP contribution < -0.4 is 14.8 Å². The Bertz CT molecular complexity index is 2340. The first-order valence-electron chi connectivity index (χ1n) is 20.4. The maximum atomic E-state index is 13.1. The number of pyridine rings is 2. The molecule has 5 aromatic rings. The van der Waals surface area contributed by atoms with E-state index in [0.29, 0.717) is 24.2 Å². The lowest BCUT2D eigenvalue weighted by Crippen LogP contribution is -2.54. The molecule has 0 spiro atoms. The van der Waals surface area contributed by atoms with Gasteiger partial charge in [-0.3, -0.25) is 34.4 Å². The summed E-state index contributed by atoms with van der Waals surface area (Å²) in [4.78, 5) is 62.5. The average molecular weight is 769 g/mol. The third-order valence-corrected chi connectivity index (χ3v) is 12.5. The molecule has 9 rings (SSSR count). The number of carbonyl (C=O) groups excluding carboxylic acids is 4. The van der Waals surface area contributed by atoms with Crippen LogP contribution in [0.5, 0.6) is 11.6 Å². The molecular formula is C45H48N6O6. The van der Waals surface area contributed by atoms with Gasteiger partial charge in [-0.15, -0.1) is 0 Å². The van der Waals surface area contributed by atoms with E-state index in [4.69, 9.17) is 9.47 Å². The third kappa shape index (κ3) is 7.50. The van der Waals surface area contributed by atoms with E-state index >= 15 is 0 Å². The van der Waals surface area contributed by atoms with Crippen LogP contribution in [0.4, 0.5) is 0 Å². The Labute approximate surface area is 331 Å². The first-order chi connectivity index (χ1) is 27.8. The molecule has 57 heavy (non-hydrogen) atoms. The highest BCUT2D eigenvalue weighted by molar-refractivity contribution is 6.23. The fraction of sp³-hybridized carbons (Fsp3) is 0.422. The van der Waals surface area contributed by atoms with Gasteiger partial charge < -0.3 is 18.9 Å². The standard InChI is InChI=1S/C45H48N6O6/c1-49-38-14-17-46-26-37(38)34-9-6-30(23-40(34)49)31-7-13-42(47-25-31)57-33-21-29(22-33)27-50-18-15-28(16-19-50)5-3-2-4-20-56-32-8-10-35-36(24-32)45(55)51(44(35)54)39-11-12-41(52)48-43(39)53/h6-10,13-14,17,23-26,28-29,33,39H,2-5,11-12,15-16,18-22,27H2,1H3,(H,48,52,53)/t29-,33-,39?. The molecule has 294 valence electrons. The molecule has 1 aliphatic carbocycles. The topological polar surface area (TPSA) is 136 Å². The highest BCUT2D eigenvalue weighted by atomic mass is 16.5. The van der Waals surface area contributed by atoms with E-state index in [1.807, 2.05) is 24.7 Å². The van der Waals surface area contributed by atoms with Crippen LogP contribution in [0.3, 0.4) is 0 Å². The summed E-state index contributed by atoms with van der Waals surface area (Å²) in [5.41, 5.74) is 5.07. The molecule has 2 saturated heterocycles. The smallest absolute Gasteiger partial charge is 0.262 e. The van der Waals surface area contributed by atoms with Crippen molar-refractivity contribution in [2.24, 2.45) is 18.9 Å². The van der Waals surface area contributed by atoms with Crippen LogP contribution in [0.2, 0.25) is 0 Å². The van der Waals surface area contributed by atoms with Gasteiger partial charge >= 0.3 is 0 Å². The maximum Gasteiger partial charge on any atom is 0.262 e. The zero-order valence-electron chi connectivity index (χ0n) is 32.3. The van der Waals surface area contributed by atoms with E-state index in [0.717, 1.165) is 54.2 Å². The van der Waals surface area contributed by atoms with Crippen molar-refractivity contribution < 1.29 is 28.7 Å². The lowest BCUT2D eigenvalue weighted by Gasteiger charge is -2.40. The van der Waals surface area contributed by atoms with Crippen molar-refractivity contribution in [3.8, 4) is 22.8 Å². The minimum absolute atomic E-state index is 0.0940. The number of likely N-dealkylation sites (tertiary alicyclic amines) is 1. The quantitative estimate of drug-likeness (QED) is 0.103. The number of nitrogens with zero attached hydrogens (tertiary/aromatic N) is 5. The summed E-state index contributed by atoms with van der Waals surface area (Å²) in [5, 5.41) is 4.60. The largest absolute Gasteiger partial charge is 0.494 e. The van der Waals surface area contributed by atoms with Gasteiger partial charge in [0.25, 0.3) is 11.8 Å². The van der Waals surface area contributed by atoms with Crippen molar-refractivity contribution in [2.75, 3.05) is 26.2 Å². The van der Waals surface area contributed by atoms with Crippen molar-refractivity contribution in [3.05, 3.63) is 84.3 Å². The van der Waals surface area contributed by atoms with E-state index in [1.54, 1.807) is 18.2 Å². The number of aromatic nitrogens is 3. The molecule has 0 bridgehead atoms. The third-order valence-electron chi connectivity index (χ3n) is 12.5. The fourth-order valence-electron chi connectivity index (χ4n) is 9.21. The second-order valence-electron chi connectivity index (χ2n) is 16.2. The SMILES string of the molecule is Cn1c2ccncc2c2ccc(-c3ccc(O[C@H]4C[C@H](CN5CCC(CCCCCOc6ccc7c(c6)C(=O)N(C6CCC(=O)NC6=O)C7=O)CC5)C4)nc3)cc21. The molecular weight excluding hydrogens is 721 g/mol. The Kier molecular flexibility index (Phi) is 10.2. The van der Waals surface area contributed by atoms with Crippen molar-refractivity contribution in [1.82, 2.24) is 29.7 Å². The Hall–Kier alpha value is -5.62. The van der Waals surface area contributed by atoms with Gasteiger partial charge in [0.1, 0.15) is 17.9 Å². The van der Waals surface area contributed by atoms with E-state index in [-0.39, 0.29) is 30.1 Å². The molecule has 12 nitrogen and oxygen atoms in total. The second kappa shape index (κ2) is 15.7. The molecule has 0 radical (unpaired) electrons. The molecule has 6 heterocycles. The maximum absolute atomic E-state index is 13.1. The number of fused-ring (bicyclic) bond motifs is 4. The van der Waals surface area contributed by atoms with Crippen molar-refractivity contribution in [1.29, 1.82) is 0 Å². The molecule has 12 heteroatoms. The van der Waals surface area contributed by atoms with Gasteiger partial charge in [-0.2, -0.15) is 0 Å². The summed E-state index contributed by atoms with van der Waals surface area (Å²) in [6.07, 6.45) is 15.2.